The molecule has 0 fully saturated rings. The molecule has 152 valence electrons. The molecule has 2 aromatic carbocycles. The van der Waals surface area contributed by atoms with Gasteiger partial charge in [-0.15, -0.1) is 0 Å². The molecular formula is C21H20F3N3O2. The minimum absolute atomic E-state index is 0.306. The summed E-state index contributed by atoms with van der Waals surface area (Å²) in [6.07, 6.45) is -2.91. The van der Waals surface area contributed by atoms with E-state index in [2.05, 4.69) is 15.2 Å². The van der Waals surface area contributed by atoms with Crippen LogP contribution in [0, 0.1) is 6.92 Å². The second-order valence-corrected chi connectivity index (χ2v) is 7.37. The number of nitrogens with one attached hydrogen (secondary N) is 1. The standard InChI is InChI=1S/C21H20F3N3O2/c1-13-5-6-15-14(7-8-29-19(15)9-13)10-20(28,21(22,23)24)12-25-17-3-2-4-18-16(17)11-26-27-18/h2-6,9,11-12,14,28H,7-8,10H2,1H3,(H,26,27)/b25-12+. The molecule has 2 atom stereocenters. The molecular weight excluding hydrogens is 383 g/mol. The lowest BCUT2D eigenvalue weighted by molar-refractivity contribution is -0.232. The molecule has 4 rings (SSSR count). The Morgan fingerprint density at radius 1 is 1.31 bits per heavy atom. The normalized spacial score (nSPS) is 19.1. The van der Waals surface area contributed by atoms with Crippen LogP contribution in [0.4, 0.5) is 18.9 Å². The lowest BCUT2D eigenvalue weighted by atomic mass is 9.82. The number of halogens is 3. The number of H-pyrrole nitrogens is 1. The second kappa shape index (κ2) is 7.18. The predicted molar refractivity (Wildman–Crippen MR) is 104 cm³/mol. The van der Waals surface area contributed by atoms with Gasteiger partial charge in [0.15, 0.2) is 5.60 Å². The number of aryl methyl sites for hydroxylation is 1. The number of aromatic nitrogens is 2. The molecule has 0 radical (unpaired) electrons. The van der Waals surface area contributed by atoms with Gasteiger partial charge in [-0.1, -0.05) is 18.2 Å². The molecule has 2 N–H and O–H groups in total. The number of hydrogen-bond donors (Lipinski definition) is 2. The van der Waals surface area contributed by atoms with Gasteiger partial charge in [0.2, 0.25) is 0 Å². The van der Waals surface area contributed by atoms with E-state index in [4.69, 9.17) is 4.74 Å². The average molecular weight is 403 g/mol. The fourth-order valence-electron chi connectivity index (χ4n) is 3.64. The minimum Gasteiger partial charge on any atom is -0.493 e. The zero-order valence-corrected chi connectivity index (χ0v) is 15.7. The van der Waals surface area contributed by atoms with Gasteiger partial charge in [0, 0.05) is 11.6 Å². The van der Waals surface area contributed by atoms with E-state index in [0.717, 1.165) is 5.56 Å². The Labute approximate surface area is 165 Å². The molecule has 0 saturated carbocycles. The van der Waals surface area contributed by atoms with Crippen LogP contribution in [0.1, 0.15) is 29.9 Å². The predicted octanol–water partition coefficient (Wildman–Crippen LogP) is 4.82. The van der Waals surface area contributed by atoms with Crippen LogP contribution >= 0.6 is 0 Å². The van der Waals surface area contributed by atoms with Gasteiger partial charge in [-0.2, -0.15) is 18.3 Å². The topological polar surface area (TPSA) is 70.5 Å². The highest BCUT2D eigenvalue weighted by molar-refractivity contribution is 5.91. The van der Waals surface area contributed by atoms with Gasteiger partial charge in [0.05, 0.1) is 24.0 Å². The van der Waals surface area contributed by atoms with Crippen molar-refractivity contribution in [1.82, 2.24) is 10.2 Å². The Bertz CT molecular complexity index is 1060. The summed E-state index contributed by atoms with van der Waals surface area (Å²) in [6, 6.07) is 10.4. The van der Waals surface area contributed by atoms with Crippen molar-refractivity contribution in [2.24, 2.45) is 4.99 Å². The zero-order chi connectivity index (χ0) is 20.6. The van der Waals surface area contributed by atoms with Crippen molar-refractivity contribution in [3.8, 4) is 5.75 Å². The number of hydrogen-bond acceptors (Lipinski definition) is 4. The van der Waals surface area contributed by atoms with Crippen molar-refractivity contribution in [3.63, 3.8) is 0 Å². The Morgan fingerprint density at radius 3 is 2.93 bits per heavy atom. The van der Waals surface area contributed by atoms with Crippen molar-refractivity contribution in [3.05, 3.63) is 53.7 Å². The third-order valence-electron chi connectivity index (χ3n) is 5.26. The third kappa shape index (κ3) is 3.72. The summed E-state index contributed by atoms with van der Waals surface area (Å²) in [4.78, 5) is 3.99. The molecule has 2 unspecified atom stereocenters. The summed E-state index contributed by atoms with van der Waals surface area (Å²) < 4.78 is 47.2. The number of aromatic amines is 1. The molecule has 0 spiro atoms. The number of ether oxygens (including phenoxy) is 1. The molecule has 3 aromatic rings. The molecule has 0 bridgehead atoms. The first-order valence-corrected chi connectivity index (χ1v) is 9.27. The molecule has 0 saturated heterocycles. The molecule has 29 heavy (non-hydrogen) atoms. The molecule has 1 aliphatic rings. The Kier molecular flexibility index (Phi) is 4.82. The highest BCUT2D eigenvalue weighted by Gasteiger charge is 2.54. The van der Waals surface area contributed by atoms with E-state index in [9.17, 15) is 18.3 Å². The van der Waals surface area contributed by atoms with Gasteiger partial charge >= 0.3 is 6.18 Å². The van der Waals surface area contributed by atoms with Crippen LogP contribution in [0.25, 0.3) is 10.9 Å². The number of nitrogens with zero attached hydrogens (tertiary/aromatic N) is 2. The van der Waals surface area contributed by atoms with Crippen LogP contribution in [-0.4, -0.2) is 39.9 Å². The van der Waals surface area contributed by atoms with E-state index in [1.165, 1.54) is 6.20 Å². The average Bonchev–Trinajstić information content (AvgIpc) is 3.15. The van der Waals surface area contributed by atoms with Gasteiger partial charge in [-0.25, -0.2) is 0 Å². The first-order chi connectivity index (χ1) is 13.8. The van der Waals surface area contributed by atoms with E-state index in [-0.39, 0.29) is 0 Å². The van der Waals surface area contributed by atoms with Gasteiger partial charge < -0.3 is 9.84 Å². The highest BCUT2D eigenvalue weighted by atomic mass is 19.4. The third-order valence-corrected chi connectivity index (χ3v) is 5.26. The van der Waals surface area contributed by atoms with E-state index in [0.29, 0.717) is 47.1 Å². The van der Waals surface area contributed by atoms with E-state index < -0.39 is 24.1 Å². The Morgan fingerprint density at radius 2 is 2.14 bits per heavy atom. The Hall–Kier alpha value is -2.87. The molecule has 1 aromatic heterocycles. The molecule has 0 aliphatic carbocycles. The first-order valence-electron chi connectivity index (χ1n) is 9.27. The summed E-state index contributed by atoms with van der Waals surface area (Å²) in [5.74, 6) is 0.0769. The van der Waals surface area contributed by atoms with Crippen LogP contribution in [-0.2, 0) is 0 Å². The maximum Gasteiger partial charge on any atom is 0.422 e. The van der Waals surface area contributed by atoms with Crippen molar-refractivity contribution in [2.75, 3.05) is 6.61 Å². The maximum absolute atomic E-state index is 13.9. The number of fused-ring (bicyclic) bond motifs is 2. The largest absolute Gasteiger partial charge is 0.493 e. The second-order valence-electron chi connectivity index (χ2n) is 7.37. The van der Waals surface area contributed by atoms with E-state index >= 15 is 0 Å². The lowest BCUT2D eigenvalue weighted by Gasteiger charge is -2.33. The molecule has 2 heterocycles. The smallest absolute Gasteiger partial charge is 0.422 e. The Balaban J connectivity index is 1.67. The zero-order valence-electron chi connectivity index (χ0n) is 15.7. The van der Waals surface area contributed by atoms with Gasteiger partial charge in [-0.05, 0) is 55.0 Å². The fraction of sp³-hybridized carbons (Fsp3) is 0.333. The minimum atomic E-state index is -4.87. The van der Waals surface area contributed by atoms with Crippen LogP contribution in [0.2, 0.25) is 0 Å². The summed E-state index contributed by atoms with van der Waals surface area (Å²) >= 11 is 0. The number of aliphatic imine (C=N–C) groups is 1. The summed E-state index contributed by atoms with van der Waals surface area (Å²) in [7, 11) is 0. The van der Waals surface area contributed by atoms with E-state index in [1.807, 2.05) is 19.1 Å². The van der Waals surface area contributed by atoms with Crippen LogP contribution in [0.15, 0.2) is 47.6 Å². The molecule has 5 nitrogen and oxygen atoms in total. The van der Waals surface area contributed by atoms with Crippen molar-refractivity contribution >= 4 is 22.8 Å². The highest BCUT2D eigenvalue weighted by Crippen LogP contribution is 2.43. The van der Waals surface area contributed by atoms with Gasteiger partial charge in [0.1, 0.15) is 5.75 Å². The first kappa shape index (κ1) is 19.4. The molecule has 8 heteroatoms. The van der Waals surface area contributed by atoms with Crippen molar-refractivity contribution in [2.45, 2.75) is 37.5 Å². The van der Waals surface area contributed by atoms with Crippen LogP contribution < -0.4 is 4.74 Å². The van der Waals surface area contributed by atoms with E-state index in [1.54, 1.807) is 24.3 Å². The summed E-state index contributed by atoms with van der Waals surface area (Å²) in [6.45, 7) is 2.20. The monoisotopic (exact) mass is 403 g/mol. The fourth-order valence-corrected chi connectivity index (χ4v) is 3.64. The van der Waals surface area contributed by atoms with Gasteiger partial charge in [-0.3, -0.25) is 10.1 Å². The quantitative estimate of drug-likeness (QED) is 0.614. The SMILES string of the molecule is Cc1ccc2c(c1)OCCC2CC(O)(/C=N/c1cccc2[nH]ncc12)C(F)(F)F. The number of alkyl halides is 3. The van der Waals surface area contributed by atoms with Crippen molar-refractivity contribution < 1.29 is 23.0 Å². The lowest BCUT2D eigenvalue weighted by Crippen LogP contribution is -2.48. The molecule has 1 aliphatic heterocycles. The summed E-state index contributed by atoms with van der Waals surface area (Å²) in [5.41, 5.74) is -0.464. The number of benzene rings is 2. The van der Waals surface area contributed by atoms with Crippen LogP contribution in [0.3, 0.4) is 0 Å². The molecule has 0 amide bonds. The van der Waals surface area contributed by atoms with Crippen LogP contribution in [0.5, 0.6) is 5.75 Å². The van der Waals surface area contributed by atoms with Gasteiger partial charge in [0.25, 0.3) is 0 Å². The van der Waals surface area contributed by atoms with Crippen molar-refractivity contribution in [1.29, 1.82) is 0 Å². The number of rotatable bonds is 4. The maximum atomic E-state index is 13.9. The number of aliphatic hydroxyl groups is 1. The summed E-state index contributed by atoms with van der Waals surface area (Å²) in [5, 5.41) is 17.8.